The van der Waals surface area contributed by atoms with Crippen molar-refractivity contribution in [3.8, 4) is 6.01 Å². The third-order valence-electron chi connectivity index (χ3n) is 2.07. The molecule has 0 aromatic carbocycles. The topological polar surface area (TPSA) is 81.3 Å². The highest BCUT2D eigenvalue weighted by molar-refractivity contribution is 5.22. The van der Waals surface area contributed by atoms with Crippen LogP contribution >= 0.6 is 0 Å². The van der Waals surface area contributed by atoms with Gasteiger partial charge in [-0.1, -0.05) is 6.92 Å². The molecule has 0 radical (unpaired) electrons. The molecular weight excluding hydrogens is 194 g/mol. The van der Waals surface area contributed by atoms with Crippen LogP contribution in [0.25, 0.3) is 0 Å². The molecule has 1 aromatic heterocycles. The Balaban J connectivity index is 2.98. The van der Waals surface area contributed by atoms with Gasteiger partial charge in [0.1, 0.15) is 0 Å². The highest BCUT2D eigenvalue weighted by Crippen LogP contribution is 2.17. The van der Waals surface area contributed by atoms with E-state index in [1.54, 1.807) is 6.20 Å². The highest BCUT2D eigenvalue weighted by Gasteiger charge is 2.12. The highest BCUT2D eigenvalue weighted by atomic mass is 16.5. The molecular formula is C10H17N3O2. The number of ether oxygens (including phenoxy) is 1. The first-order valence-electron chi connectivity index (χ1n) is 5.09. The quantitative estimate of drug-likeness (QED) is 0.738. The minimum atomic E-state index is -0.698. The Bertz CT molecular complexity index is 318. The van der Waals surface area contributed by atoms with Gasteiger partial charge in [0, 0.05) is 18.3 Å². The third-order valence-corrected chi connectivity index (χ3v) is 2.07. The normalized spacial score (nSPS) is 12.5. The summed E-state index contributed by atoms with van der Waals surface area (Å²) in [7, 11) is 0. The van der Waals surface area contributed by atoms with Crippen LogP contribution in [0.4, 0.5) is 0 Å². The van der Waals surface area contributed by atoms with E-state index in [9.17, 15) is 5.11 Å². The van der Waals surface area contributed by atoms with Gasteiger partial charge in [-0.05, 0) is 13.3 Å². The number of hydrogen-bond acceptors (Lipinski definition) is 5. The zero-order valence-electron chi connectivity index (χ0n) is 9.10. The lowest BCUT2D eigenvalue weighted by Gasteiger charge is -2.12. The van der Waals surface area contributed by atoms with Gasteiger partial charge in [-0.25, -0.2) is 4.98 Å². The standard InChI is InChI=1S/C10H17N3O2/c1-3-8-7(9(14)5-11)6-12-10(13-8)15-4-2/h6,9,14H,3-5,11H2,1-2H3. The van der Waals surface area contributed by atoms with Gasteiger partial charge in [0.05, 0.1) is 18.4 Å². The molecule has 0 bridgehead atoms. The Morgan fingerprint density at radius 3 is 2.80 bits per heavy atom. The van der Waals surface area contributed by atoms with Crippen molar-refractivity contribution in [2.45, 2.75) is 26.4 Å². The molecule has 0 aliphatic carbocycles. The number of nitrogens with two attached hydrogens (primary N) is 1. The predicted molar refractivity (Wildman–Crippen MR) is 56.6 cm³/mol. The second-order valence-electron chi connectivity index (χ2n) is 3.09. The van der Waals surface area contributed by atoms with Crippen LogP contribution in [0, 0.1) is 0 Å². The summed E-state index contributed by atoms with van der Waals surface area (Å²) in [6.07, 6.45) is 1.60. The summed E-state index contributed by atoms with van der Waals surface area (Å²) in [5, 5.41) is 9.62. The molecule has 0 saturated heterocycles. The summed E-state index contributed by atoms with van der Waals surface area (Å²) in [4.78, 5) is 8.20. The van der Waals surface area contributed by atoms with E-state index in [1.807, 2.05) is 13.8 Å². The van der Waals surface area contributed by atoms with Crippen molar-refractivity contribution in [1.29, 1.82) is 0 Å². The molecule has 1 heterocycles. The summed E-state index contributed by atoms with van der Waals surface area (Å²) >= 11 is 0. The second kappa shape index (κ2) is 5.63. The van der Waals surface area contributed by atoms with E-state index in [2.05, 4.69) is 9.97 Å². The van der Waals surface area contributed by atoms with Crippen LogP contribution in [0.1, 0.15) is 31.2 Å². The van der Waals surface area contributed by atoms with Crippen LogP contribution in [0.5, 0.6) is 6.01 Å². The average Bonchev–Trinajstić information content (AvgIpc) is 2.28. The van der Waals surface area contributed by atoms with Crippen LogP contribution < -0.4 is 10.5 Å². The van der Waals surface area contributed by atoms with E-state index < -0.39 is 6.10 Å². The van der Waals surface area contributed by atoms with Gasteiger partial charge in [-0.15, -0.1) is 0 Å². The minimum absolute atomic E-state index is 0.171. The summed E-state index contributed by atoms with van der Waals surface area (Å²) in [5.41, 5.74) is 6.86. The number of aliphatic hydroxyl groups excluding tert-OH is 1. The van der Waals surface area contributed by atoms with E-state index in [4.69, 9.17) is 10.5 Å². The molecule has 0 aliphatic rings. The van der Waals surface area contributed by atoms with E-state index in [0.29, 0.717) is 18.2 Å². The largest absolute Gasteiger partial charge is 0.464 e. The van der Waals surface area contributed by atoms with Gasteiger partial charge in [0.2, 0.25) is 0 Å². The SMILES string of the molecule is CCOc1ncc(C(O)CN)c(CC)n1. The summed E-state index contributed by atoms with van der Waals surface area (Å²) < 4.78 is 5.18. The zero-order chi connectivity index (χ0) is 11.3. The zero-order valence-corrected chi connectivity index (χ0v) is 9.10. The number of aromatic nitrogens is 2. The third kappa shape index (κ3) is 2.87. The Morgan fingerprint density at radius 1 is 1.53 bits per heavy atom. The number of aliphatic hydroxyl groups is 1. The Morgan fingerprint density at radius 2 is 2.27 bits per heavy atom. The fourth-order valence-corrected chi connectivity index (χ4v) is 1.30. The molecule has 3 N–H and O–H groups in total. The van der Waals surface area contributed by atoms with E-state index in [1.165, 1.54) is 0 Å². The van der Waals surface area contributed by atoms with Crippen molar-refractivity contribution >= 4 is 0 Å². The summed E-state index contributed by atoms with van der Waals surface area (Å²) in [6, 6.07) is 0.349. The molecule has 1 atom stereocenters. The van der Waals surface area contributed by atoms with Crippen molar-refractivity contribution in [2.24, 2.45) is 5.73 Å². The Kier molecular flexibility index (Phi) is 4.45. The van der Waals surface area contributed by atoms with Gasteiger partial charge in [0.25, 0.3) is 0 Å². The van der Waals surface area contributed by atoms with Crippen molar-refractivity contribution in [1.82, 2.24) is 9.97 Å². The minimum Gasteiger partial charge on any atom is -0.464 e. The first kappa shape index (κ1) is 11.9. The fourth-order valence-electron chi connectivity index (χ4n) is 1.30. The van der Waals surface area contributed by atoms with Crippen LogP contribution in [-0.4, -0.2) is 28.2 Å². The smallest absolute Gasteiger partial charge is 0.316 e. The molecule has 15 heavy (non-hydrogen) atoms. The molecule has 1 rings (SSSR count). The number of aryl methyl sites for hydroxylation is 1. The molecule has 1 aromatic rings. The fraction of sp³-hybridized carbons (Fsp3) is 0.600. The molecule has 0 aliphatic heterocycles. The maximum absolute atomic E-state index is 9.62. The second-order valence-corrected chi connectivity index (χ2v) is 3.09. The van der Waals surface area contributed by atoms with E-state index in [0.717, 1.165) is 12.1 Å². The number of hydrogen-bond donors (Lipinski definition) is 2. The van der Waals surface area contributed by atoms with Crippen LogP contribution in [0.15, 0.2) is 6.20 Å². The van der Waals surface area contributed by atoms with Gasteiger partial charge in [-0.3, -0.25) is 0 Å². The maximum Gasteiger partial charge on any atom is 0.316 e. The van der Waals surface area contributed by atoms with Crippen LogP contribution in [0.3, 0.4) is 0 Å². The van der Waals surface area contributed by atoms with Gasteiger partial charge < -0.3 is 15.6 Å². The van der Waals surface area contributed by atoms with Gasteiger partial charge in [-0.2, -0.15) is 4.98 Å². The van der Waals surface area contributed by atoms with Crippen LogP contribution in [0.2, 0.25) is 0 Å². The van der Waals surface area contributed by atoms with Crippen molar-refractivity contribution in [2.75, 3.05) is 13.2 Å². The van der Waals surface area contributed by atoms with Crippen molar-refractivity contribution in [3.63, 3.8) is 0 Å². The molecule has 5 heteroatoms. The van der Waals surface area contributed by atoms with Gasteiger partial charge in [0.15, 0.2) is 0 Å². The maximum atomic E-state index is 9.62. The molecule has 0 spiro atoms. The molecule has 1 unspecified atom stereocenters. The number of rotatable bonds is 5. The molecule has 5 nitrogen and oxygen atoms in total. The number of nitrogens with zero attached hydrogens (tertiary/aromatic N) is 2. The van der Waals surface area contributed by atoms with Gasteiger partial charge >= 0.3 is 6.01 Å². The lowest BCUT2D eigenvalue weighted by atomic mass is 10.1. The Hall–Kier alpha value is -1.20. The molecule has 0 fully saturated rings. The predicted octanol–water partition coefficient (Wildman–Crippen LogP) is 0.430. The molecule has 84 valence electrons. The lowest BCUT2D eigenvalue weighted by Crippen LogP contribution is -2.15. The first-order valence-corrected chi connectivity index (χ1v) is 5.09. The lowest BCUT2D eigenvalue weighted by molar-refractivity contribution is 0.184. The molecule has 0 amide bonds. The van der Waals surface area contributed by atoms with Crippen LogP contribution in [-0.2, 0) is 6.42 Å². The summed E-state index contributed by atoms with van der Waals surface area (Å²) in [5.74, 6) is 0. The monoisotopic (exact) mass is 211 g/mol. The van der Waals surface area contributed by atoms with Crippen molar-refractivity contribution in [3.05, 3.63) is 17.5 Å². The Labute approximate surface area is 89.3 Å². The van der Waals surface area contributed by atoms with E-state index in [-0.39, 0.29) is 6.54 Å². The van der Waals surface area contributed by atoms with E-state index >= 15 is 0 Å². The first-order chi connectivity index (χ1) is 7.22. The average molecular weight is 211 g/mol. The summed E-state index contributed by atoms with van der Waals surface area (Å²) in [6.45, 7) is 4.54. The van der Waals surface area contributed by atoms with Crippen molar-refractivity contribution < 1.29 is 9.84 Å². The molecule has 0 saturated carbocycles.